The quantitative estimate of drug-likeness (QED) is 0.622. The highest BCUT2D eigenvalue weighted by molar-refractivity contribution is 6.34. The van der Waals surface area contributed by atoms with Crippen molar-refractivity contribution in [1.29, 1.82) is 0 Å². The minimum Gasteiger partial charge on any atom is -0.380 e. The molecule has 1 rings (SSSR count). The molecule has 0 fully saturated rings. The molecule has 0 aliphatic heterocycles. The zero-order chi connectivity index (χ0) is 14.3. The second-order valence-electron chi connectivity index (χ2n) is 4.52. The normalized spacial score (nSPS) is 10.8. The van der Waals surface area contributed by atoms with Crippen molar-refractivity contribution < 1.29 is 9.53 Å². The molecule has 1 aromatic rings. The van der Waals surface area contributed by atoms with Crippen molar-refractivity contribution in [1.82, 2.24) is 10.3 Å². The van der Waals surface area contributed by atoms with Crippen LogP contribution >= 0.6 is 23.2 Å². The topological polar surface area (TPSA) is 51.2 Å². The first kappa shape index (κ1) is 16.2. The molecule has 0 unspecified atom stereocenters. The van der Waals surface area contributed by atoms with Gasteiger partial charge >= 0.3 is 0 Å². The lowest BCUT2D eigenvalue weighted by molar-refractivity contribution is 0.0905. The van der Waals surface area contributed by atoms with E-state index in [2.05, 4.69) is 24.1 Å². The molecule has 1 N–H and O–H groups in total. The van der Waals surface area contributed by atoms with Gasteiger partial charge in [0.1, 0.15) is 10.3 Å². The van der Waals surface area contributed by atoms with Crippen molar-refractivity contribution >= 4 is 29.1 Å². The van der Waals surface area contributed by atoms with Gasteiger partial charge in [0, 0.05) is 13.2 Å². The predicted octanol–water partition coefficient (Wildman–Crippen LogP) is 3.18. The van der Waals surface area contributed by atoms with Gasteiger partial charge in [0.15, 0.2) is 0 Å². The average molecular weight is 305 g/mol. The number of nitrogens with one attached hydrogen (secondary N) is 1. The Morgan fingerprint density at radius 3 is 2.74 bits per heavy atom. The van der Waals surface area contributed by atoms with Crippen molar-refractivity contribution in [3.05, 3.63) is 28.0 Å². The van der Waals surface area contributed by atoms with Crippen molar-refractivity contribution in [2.45, 2.75) is 20.3 Å². The minimum atomic E-state index is -0.276. The Hall–Kier alpha value is -0.840. The first-order valence-electron chi connectivity index (χ1n) is 6.18. The van der Waals surface area contributed by atoms with E-state index in [0.29, 0.717) is 31.2 Å². The number of nitrogens with zero attached hydrogens (tertiary/aromatic N) is 1. The molecule has 0 bridgehead atoms. The third kappa shape index (κ3) is 6.23. The van der Waals surface area contributed by atoms with Gasteiger partial charge in [-0.3, -0.25) is 4.79 Å². The van der Waals surface area contributed by atoms with Gasteiger partial charge in [0.2, 0.25) is 0 Å². The zero-order valence-corrected chi connectivity index (χ0v) is 12.6. The summed E-state index contributed by atoms with van der Waals surface area (Å²) in [6.07, 6.45) is 1.01. The first-order chi connectivity index (χ1) is 9.00. The molecular weight excluding hydrogens is 287 g/mol. The van der Waals surface area contributed by atoms with Crippen LogP contribution in [-0.4, -0.2) is 30.6 Å². The van der Waals surface area contributed by atoms with Crippen molar-refractivity contribution in [2.24, 2.45) is 5.92 Å². The number of ether oxygens (including phenoxy) is 1. The molecule has 0 spiro atoms. The fourth-order valence-corrected chi connectivity index (χ4v) is 1.77. The lowest BCUT2D eigenvalue weighted by atomic mass is 10.1. The molecule has 0 aliphatic rings. The van der Waals surface area contributed by atoms with Crippen LogP contribution in [0.4, 0.5) is 0 Å². The number of hydrogen-bond donors (Lipinski definition) is 1. The van der Waals surface area contributed by atoms with Gasteiger partial charge in [-0.05, 0) is 24.5 Å². The zero-order valence-electron chi connectivity index (χ0n) is 11.1. The summed E-state index contributed by atoms with van der Waals surface area (Å²) in [5.74, 6) is 0.343. The highest BCUT2D eigenvalue weighted by Crippen LogP contribution is 2.16. The summed E-state index contributed by atoms with van der Waals surface area (Å²) in [4.78, 5) is 15.6. The molecule has 0 atom stereocenters. The summed E-state index contributed by atoms with van der Waals surface area (Å²) in [7, 11) is 0. The molecule has 19 heavy (non-hydrogen) atoms. The maximum atomic E-state index is 11.8. The van der Waals surface area contributed by atoms with Crippen LogP contribution in [0.5, 0.6) is 0 Å². The number of rotatable bonds is 7. The molecule has 1 aromatic heterocycles. The third-order valence-electron chi connectivity index (χ3n) is 2.43. The summed E-state index contributed by atoms with van der Waals surface area (Å²) in [6, 6.07) is 3.08. The highest BCUT2D eigenvalue weighted by atomic mass is 35.5. The van der Waals surface area contributed by atoms with Crippen LogP contribution < -0.4 is 5.32 Å². The number of pyridine rings is 1. The molecule has 0 aliphatic carbocycles. The Morgan fingerprint density at radius 1 is 1.37 bits per heavy atom. The summed E-state index contributed by atoms with van der Waals surface area (Å²) in [5.41, 5.74) is 0.313. The number of carbonyl (C=O) groups is 1. The summed E-state index contributed by atoms with van der Waals surface area (Å²) >= 11 is 11.5. The maximum absolute atomic E-state index is 11.8. The van der Waals surface area contributed by atoms with E-state index in [1.807, 2.05) is 0 Å². The van der Waals surface area contributed by atoms with Crippen LogP contribution in [-0.2, 0) is 4.74 Å². The van der Waals surface area contributed by atoms with Crippen molar-refractivity contribution in [3.8, 4) is 0 Å². The van der Waals surface area contributed by atoms with E-state index in [1.54, 1.807) is 6.07 Å². The number of aromatic nitrogens is 1. The van der Waals surface area contributed by atoms with Gasteiger partial charge in [-0.25, -0.2) is 4.98 Å². The van der Waals surface area contributed by atoms with Crippen LogP contribution in [0.25, 0.3) is 0 Å². The monoisotopic (exact) mass is 304 g/mol. The van der Waals surface area contributed by atoms with Gasteiger partial charge in [0.25, 0.3) is 5.91 Å². The Balaban J connectivity index is 2.28. The summed E-state index contributed by atoms with van der Waals surface area (Å²) in [5, 5.41) is 3.08. The van der Waals surface area contributed by atoms with E-state index in [1.165, 1.54) is 6.07 Å². The molecule has 0 radical (unpaired) electrons. The SMILES string of the molecule is CC(C)CCOCCNC(=O)c1ccc(Cl)nc1Cl. The largest absolute Gasteiger partial charge is 0.380 e. The predicted molar refractivity (Wildman–Crippen MR) is 76.9 cm³/mol. The van der Waals surface area contributed by atoms with Crippen molar-refractivity contribution in [2.75, 3.05) is 19.8 Å². The fourth-order valence-electron chi connectivity index (χ4n) is 1.33. The molecule has 0 saturated heterocycles. The molecule has 106 valence electrons. The molecular formula is C13H18Cl2N2O2. The van der Waals surface area contributed by atoms with Crippen LogP contribution in [0.2, 0.25) is 10.3 Å². The summed E-state index contributed by atoms with van der Waals surface area (Å²) in [6.45, 7) is 5.91. The number of carbonyl (C=O) groups excluding carboxylic acids is 1. The lowest BCUT2D eigenvalue weighted by Gasteiger charge is -2.08. The van der Waals surface area contributed by atoms with E-state index < -0.39 is 0 Å². The average Bonchev–Trinajstić information content (AvgIpc) is 2.32. The van der Waals surface area contributed by atoms with Crippen LogP contribution in [0, 0.1) is 5.92 Å². The molecule has 0 aromatic carbocycles. The number of amides is 1. The Labute approximate surface area is 123 Å². The molecule has 6 heteroatoms. The summed E-state index contributed by atoms with van der Waals surface area (Å²) < 4.78 is 5.40. The number of hydrogen-bond acceptors (Lipinski definition) is 3. The van der Waals surface area contributed by atoms with Crippen molar-refractivity contribution in [3.63, 3.8) is 0 Å². The fraction of sp³-hybridized carbons (Fsp3) is 0.538. The second kappa shape index (κ2) is 8.35. The van der Waals surface area contributed by atoms with Crippen LogP contribution in [0.1, 0.15) is 30.6 Å². The van der Waals surface area contributed by atoms with Gasteiger partial charge in [-0.15, -0.1) is 0 Å². The smallest absolute Gasteiger partial charge is 0.254 e. The maximum Gasteiger partial charge on any atom is 0.254 e. The van der Waals surface area contributed by atoms with E-state index >= 15 is 0 Å². The Bertz CT molecular complexity index is 425. The molecule has 0 saturated carbocycles. The van der Waals surface area contributed by atoms with Crippen LogP contribution in [0.15, 0.2) is 12.1 Å². The van der Waals surface area contributed by atoms with E-state index in [0.717, 1.165) is 6.42 Å². The van der Waals surface area contributed by atoms with Gasteiger partial charge in [0.05, 0.1) is 12.2 Å². The highest BCUT2D eigenvalue weighted by Gasteiger charge is 2.11. The van der Waals surface area contributed by atoms with E-state index in [-0.39, 0.29) is 16.2 Å². The van der Waals surface area contributed by atoms with Crippen LogP contribution in [0.3, 0.4) is 0 Å². The lowest BCUT2D eigenvalue weighted by Crippen LogP contribution is -2.27. The Kier molecular flexibility index (Phi) is 7.13. The first-order valence-corrected chi connectivity index (χ1v) is 6.94. The van der Waals surface area contributed by atoms with Gasteiger partial charge in [-0.1, -0.05) is 37.0 Å². The van der Waals surface area contributed by atoms with Gasteiger partial charge < -0.3 is 10.1 Å². The number of halogens is 2. The third-order valence-corrected chi connectivity index (χ3v) is 2.93. The molecule has 4 nitrogen and oxygen atoms in total. The standard InChI is InChI=1S/C13H18Cl2N2O2/c1-9(2)5-7-19-8-6-16-13(18)10-3-4-11(14)17-12(10)15/h3-4,9H,5-8H2,1-2H3,(H,16,18). The molecule has 1 amide bonds. The molecule has 1 heterocycles. The minimum absolute atomic E-state index is 0.103. The van der Waals surface area contributed by atoms with Gasteiger partial charge in [-0.2, -0.15) is 0 Å². The van der Waals surface area contributed by atoms with E-state index in [9.17, 15) is 4.79 Å². The van der Waals surface area contributed by atoms with E-state index in [4.69, 9.17) is 27.9 Å². The Morgan fingerprint density at radius 2 is 2.11 bits per heavy atom. The second-order valence-corrected chi connectivity index (χ2v) is 5.27.